The molecule has 8 nitrogen and oxygen atoms in total. The number of hydrogen-bond donors (Lipinski definition) is 1. The third kappa shape index (κ3) is 3.00. The summed E-state index contributed by atoms with van der Waals surface area (Å²) < 4.78 is 6.39. The number of aromatic hydroxyl groups is 1. The van der Waals surface area contributed by atoms with Crippen molar-refractivity contribution in [2.24, 2.45) is 0 Å². The number of hydrogen-bond acceptors (Lipinski definition) is 7. The van der Waals surface area contributed by atoms with E-state index in [1.165, 1.54) is 4.57 Å². The molecule has 0 atom stereocenters. The van der Waals surface area contributed by atoms with E-state index in [4.69, 9.17) is 4.42 Å². The molecule has 0 saturated carbocycles. The van der Waals surface area contributed by atoms with Crippen LogP contribution in [0.15, 0.2) is 33.7 Å². The molecule has 3 rings (SSSR count). The van der Waals surface area contributed by atoms with Crippen LogP contribution in [0.25, 0.3) is 18.1 Å². The van der Waals surface area contributed by atoms with Crippen LogP contribution in [-0.2, 0) is 0 Å². The van der Waals surface area contributed by atoms with Gasteiger partial charge in [-0.05, 0) is 38.1 Å². The van der Waals surface area contributed by atoms with Crippen LogP contribution in [0.3, 0.4) is 0 Å². The van der Waals surface area contributed by atoms with E-state index < -0.39 is 5.56 Å². The second-order valence-corrected chi connectivity index (χ2v) is 4.77. The van der Waals surface area contributed by atoms with Crippen molar-refractivity contribution in [3.63, 3.8) is 0 Å². The highest BCUT2D eigenvalue weighted by Crippen LogP contribution is 2.11. The van der Waals surface area contributed by atoms with E-state index in [0.29, 0.717) is 17.1 Å². The van der Waals surface area contributed by atoms with Crippen molar-refractivity contribution in [1.82, 2.24) is 24.7 Å². The molecular formula is C15H13N5O3. The van der Waals surface area contributed by atoms with Gasteiger partial charge < -0.3 is 9.52 Å². The van der Waals surface area contributed by atoms with Gasteiger partial charge in [-0.15, -0.1) is 10.2 Å². The van der Waals surface area contributed by atoms with E-state index in [0.717, 1.165) is 6.07 Å². The Hall–Kier alpha value is -3.29. The van der Waals surface area contributed by atoms with Crippen LogP contribution in [0.1, 0.15) is 23.0 Å². The number of rotatable bonds is 3. The van der Waals surface area contributed by atoms with Gasteiger partial charge in [0, 0.05) is 0 Å². The fourth-order valence-corrected chi connectivity index (χ4v) is 2.01. The molecule has 116 valence electrons. The summed E-state index contributed by atoms with van der Waals surface area (Å²) >= 11 is 0. The lowest BCUT2D eigenvalue weighted by Crippen LogP contribution is -2.23. The molecule has 0 fully saturated rings. The first kappa shape index (κ1) is 14.6. The maximum atomic E-state index is 12.0. The summed E-state index contributed by atoms with van der Waals surface area (Å²) in [5.74, 6) is 0.678. The quantitative estimate of drug-likeness (QED) is 0.781. The van der Waals surface area contributed by atoms with Crippen molar-refractivity contribution >= 4 is 12.2 Å². The van der Waals surface area contributed by atoms with Gasteiger partial charge in [-0.25, -0.2) is 9.55 Å². The summed E-state index contributed by atoms with van der Waals surface area (Å²) in [6.07, 6.45) is 5.03. The van der Waals surface area contributed by atoms with Gasteiger partial charge in [0.05, 0.1) is 23.7 Å². The molecule has 0 aliphatic heterocycles. The molecule has 1 N–H and O–H groups in total. The minimum Gasteiger partial charge on any atom is -0.493 e. The highest BCUT2D eigenvalue weighted by molar-refractivity contribution is 5.66. The smallest absolute Gasteiger partial charge is 0.264 e. The Balaban J connectivity index is 2.06. The van der Waals surface area contributed by atoms with Crippen LogP contribution >= 0.6 is 0 Å². The number of furan rings is 1. The summed E-state index contributed by atoms with van der Waals surface area (Å²) in [6.45, 7) is 3.33. The van der Waals surface area contributed by atoms with Crippen LogP contribution in [0.4, 0.5) is 0 Å². The average molecular weight is 311 g/mol. The molecule has 0 aliphatic carbocycles. The standard InChI is InChI=1S/C15H13N5O3/c1-9-12(6-5-11-4-3-7-23-11)17-15(19-18-9)20-10(2)16-13(21)8-14(20)22/h3-8,21H,1-2H3/b6-5+. The highest BCUT2D eigenvalue weighted by atomic mass is 16.3. The van der Waals surface area contributed by atoms with Crippen molar-refractivity contribution in [3.8, 4) is 11.8 Å². The van der Waals surface area contributed by atoms with Gasteiger partial charge in [0.1, 0.15) is 11.6 Å². The Morgan fingerprint density at radius 1 is 1.22 bits per heavy atom. The monoisotopic (exact) mass is 311 g/mol. The van der Waals surface area contributed by atoms with E-state index in [1.54, 1.807) is 44.4 Å². The Kier molecular flexibility index (Phi) is 3.71. The fraction of sp³-hybridized carbons (Fsp3) is 0.133. The Bertz CT molecular complexity index is 929. The van der Waals surface area contributed by atoms with E-state index in [-0.39, 0.29) is 17.7 Å². The van der Waals surface area contributed by atoms with Crippen LogP contribution in [0, 0.1) is 13.8 Å². The lowest BCUT2D eigenvalue weighted by Gasteiger charge is -2.07. The predicted octanol–water partition coefficient (Wildman–Crippen LogP) is 1.50. The molecule has 0 unspecified atom stereocenters. The Morgan fingerprint density at radius 2 is 2.04 bits per heavy atom. The van der Waals surface area contributed by atoms with Crippen LogP contribution in [0.2, 0.25) is 0 Å². The lowest BCUT2D eigenvalue weighted by atomic mass is 10.3. The topological polar surface area (TPSA) is 107 Å². The van der Waals surface area contributed by atoms with Gasteiger partial charge in [-0.2, -0.15) is 4.98 Å². The molecule has 0 aromatic carbocycles. The number of aryl methyl sites for hydroxylation is 2. The second kappa shape index (κ2) is 5.84. The van der Waals surface area contributed by atoms with Crippen molar-refractivity contribution in [2.45, 2.75) is 13.8 Å². The van der Waals surface area contributed by atoms with Gasteiger partial charge in [-0.1, -0.05) is 0 Å². The molecule has 8 heteroatoms. The average Bonchev–Trinajstić information content (AvgIpc) is 3.00. The summed E-state index contributed by atoms with van der Waals surface area (Å²) in [5, 5.41) is 17.3. The van der Waals surface area contributed by atoms with Gasteiger partial charge in [0.2, 0.25) is 5.88 Å². The minimum atomic E-state index is -0.485. The third-order valence-electron chi connectivity index (χ3n) is 3.10. The SMILES string of the molecule is Cc1nnc(-n2c(C)nc(O)cc2=O)nc1/C=C/c1ccco1. The fourth-order valence-electron chi connectivity index (χ4n) is 2.01. The molecule has 3 aromatic rings. The second-order valence-electron chi connectivity index (χ2n) is 4.77. The molecule has 23 heavy (non-hydrogen) atoms. The van der Waals surface area contributed by atoms with Gasteiger partial charge >= 0.3 is 0 Å². The van der Waals surface area contributed by atoms with Gasteiger partial charge in [-0.3, -0.25) is 4.79 Å². The largest absolute Gasteiger partial charge is 0.493 e. The molecule has 0 spiro atoms. The van der Waals surface area contributed by atoms with E-state index in [9.17, 15) is 9.90 Å². The molecule has 0 bridgehead atoms. The zero-order valence-electron chi connectivity index (χ0n) is 12.5. The lowest BCUT2D eigenvalue weighted by molar-refractivity contribution is 0.446. The summed E-state index contributed by atoms with van der Waals surface area (Å²) in [5.41, 5.74) is 0.668. The molecule has 3 aromatic heterocycles. The van der Waals surface area contributed by atoms with Gasteiger partial charge in [0.15, 0.2) is 0 Å². The number of nitrogens with zero attached hydrogens (tertiary/aromatic N) is 5. The summed E-state index contributed by atoms with van der Waals surface area (Å²) in [4.78, 5) is 20.2. The van der Waals surface area contributed by atoms with Crippen LogP contribution in [-0.4, -0.2) is 29.8 Å². The zero-order valence-corrected chi connectivity index (χ0v) is 12.5. The normalized spacial score (nSPS) is 11.2. The van der Waals surface area contributed by atoms with Crippen LogP contribution in [0.5, 0.6) is 5.88 Å². The molecule has 0 radical (unpaired) electrons. The van der Waals surface area contributed by atoms with E-state index in [1.807, 2.05) is 0 Å². The van der Waals surface area contributed by atoms with Gasteiger partial charge in [0.25, 0.3) is 11.5 Å². The predicted molar refractivity (Wildman–Crippen MR) is 82.0 cm³/mol. The zero-order chi connectivity index (χ0) is 16.4. The molecule has 0 saturated heterocycles. The van der Waals surface area contributed by atoms with Crippen molar-refractivity contribution in [2.75, 3.05) is 0 Å². The van der Waals surface area contributed by atoms with Crippen LogP contribution < -0.4 is 5.56 Å². The molecular weight excluding hydrogens is 298 g/mol. The Morgan fingerprint density at radius 3 is 2.74 bits per heavy atom. The minimum absolute atomic E-state index is 0.0877. The number of aromatic nitrogens is 5. The van der Waals surface area contributed by atoms with E-state index in [2.05, 4.69) is 20.2 Å². The van der Waals surface area contributed by atoms with E-state index >= 15 is 0 Å². The molecule has 3 heterocycles. The third-order valence-corrected chi connectivity index (χ3v) is 3.10. The van der Waals surface area contributed by atoms with Crippen molar-refractivity contribution in [3.05, 3.63) is 57.8 Å². The Labute approximate surface area is 130 Å². The maximum Gasteiger partial charge on any atom is 0.264 e. The first-order chi connectivity index (χ1) is 11.0. The molecule has 0 aliphatic rings. The maximum absolute atomic E-state index is 12.0. The summed E-state index contributed by atoms with van der Waals surface area (Å²) in [7, 11) is 0. The first-order valence-electron chi connectivity index (χ1n) is 6.77. The summed E-state index contributed by atoms with van der Waals surface area (Å²) in [6, 6.07) is 4.58. The molecule has 0 amide bonds. The van der Waals surface area contributed by atoms with Crippen molar-refractivity contribution < 1.29 is 9.52 Å². The van der Waals surface area contributed by atoms with Crippen molar-refractivity contribution in [1.29, 1.82) is 0 Å². The first-order valence-corrected chi connectivity index (χ1v) is 6.77. The highest BCUT2D eigenvalue weighted by Gasteiger charge is 2.11.